The molecule has 0 aliphatic rings. The zero-order chi connectivity index (χ0) is 74.7. The molecule has 0 amide bonds. The molecule has 0 aliphatic carbocycles. The third kappa shape index (κ3) is 9.14. The van der Waals surface area contributed by atoms with Gasteiger partial charge in [-0.1, -0.05) is 296 Å². The average Bonchev–Trinajstić information content (AvgIpc) is 1.44. The second-order valence-corrected chi connectivity index (χ2v) is 38.4. The van der Waals surface area contributed by atoms with Crippen molar-refractivity contribution in [1.82, 2.24) is 37.0 Å². The summed E-state index contributed by atoms with van der Waals surface area (Å²) in [5, 5.41) is 17.2. The topological polar surface area (TPSA) is 67.5 Å². The van der Waals surface area contributed by atoms with Crippen LogP contribution in [0.4, 0.5) is 0 Å². The van der Waals surface area contributed by atoms with Crippen LogP contribution in [0, 0.1) is 0 Å². The number of fused-ring (bicyclic) bond motifs is 20. The number of thiazole rings is 1. The number of aromatic nitrogens is 8. The SMILES string of the molecule is c1ccc(-n2c3ccccc3c3c4ccccc4n(-c4cccc([Si](c5ccccc5)(c5ccc(-c6ccc7c(c6)c6c8ccccc8n(-c8ccccc8)c6n7-c6cccc([Si](c7ccccc7)(c7ccccc7)c7cccc8c7sc7nc9ccccc9n78)c6)cc5)c5cccc6c5oc5nc7ccccc7n56)c4)c32)cc1. The summed E-state index contributed by atoms with van der Waals surface area (Å²) in [6.07, 6.45) is 0. The van der Waals surface area contributed by atoms with Gasteiger partial charge in [0, 0.05) is 55.1 Å². The molecule has 24 rings (SSSR count). The zero-order valence-corrected chi connectivity index (χ0v) is 64.3. The molecule has 1 atom stereocenters. The second kappa shape index (κ2) is 25.1. The molecule has 1 unspecified atom stereocenters. The second-order valence-electron chi connectivity index (χ2n) is 29.9. The van der Waals surface area contributed by atoms with Gasteiger partial charge in [-0.05, 0) is 168 Å². The number of nitrogens with zero attached hydrogens (tertiary/aromatic N) is 8. The summed E-state index contributed by atoms with van der Waals surface area (Å²) in [7, 11) is -6.76. The van der Waals surface area contributed by atoms with Gasteiger partial charge in [0.2, 0.25) is 0 Å². The highest BCUT2D eigenvalue weighted by Gasteiger charge is 2.46. The number of para-hydroxylation sites is 10. The largest absolute Gasteiger partial charge is 0.423 e. The molecule has 0 fully saturated rings. The number of benzene rings is 16. The molecular formula is C102H66N8OSSi2. The third-order valence-electron chi connectivity index (χ3n) is 24.1. The highest BCUT2D eigenvalue weighted by atomic mass is 32.1. The van der Waals surface area contributed by atoms with Crippen molar-refractivity contribution in [3.8, 4) is 33.9 Å². The molecule has 0 aliphatic heterocycles. The predicted molar refractivity (Wildman–Crippen MR) is 479 cm³/mol. The van der Waals surface area contributed by atoms with Crippen LogP contribution in [0.5, 0.6) is 0 Å². The number of hydrogen-bond donors (Lipinski definition) is 0. The van der Waals surface area contributed by atoms with Crippen LogP contribution in [-0.4, -0.2) is 53.2 Å². The monoisotopic (exact) mass is 1510 g/mol. The van der Waals surface area contributed by atoms with Gasteiger partial charge in [0.05, 0.1) is 59.9 Å². The van der Waals surface area contributed by atoms with Crippen LogP contribution in [0.1, 0.15) is 0 Å². The van der Waals surface area contributed by atoms with Gasteiger partial charge in [-0.15, -0.1) is 0 Å². The fourth-order valence-electron chi connectivity index (χ4n) is 19.5. The Labute approximate surface area is 659 Å². The van der Waals surface area contributed by atoms with Gasteiger partial charge in [0.25, 0.3) is 0 Å². The van der Waals surface area contributed by atoms with E-state index in [2.05, 4.69) is 421 Å². The Kier molecular flexibility index (Phi) is 14.2. The number of hydrogen-bond acceptors (Lipinski definition) is 4. The molecule has 16 aromatic carbocycles. The minimum absolute atomic E-state index is 0.568. The molecule has 8 aromatic heterocycles. The van der Waals surface area contributed by atoms with Crippen molar-refractivity contribution in [2.45, 2.75) is 0 Å². The van der Waals surface area contributed by atoms with E-state index in [0.29, 0.717) is 5.84 Å². The van der Waals surface area contributed by atoms with Crippen LogP contribution in [0.15, 0.2) is 405 Å². The van der Waals surface area contributed by atoms with Crippen LogP contribution in [0.3, 0.4) is 0 Å². The van der Waals surface area contributed by atoms with Crippen LogP contribution >= 0.6 is 11.3 Å². The number of oxazole rings is 1. The van der Waals surface area contributed by atoms with Crippen molar-refractivity contribution in [3.05, 3.63) is 400 Å². The minimum Gasteiger partial charge on any atom is -0.423 e. The molecule has 0 saturated carbocycles. The first-order valence-electron chi connectivity index (χ1n) is 38.9. The van der Waals surface area contributed by atoms with Crippen molar-refractivity contribution >= 4 is 189 Å². The average molecular weight is 1510 g/mol. The molecule has 9 nitrogen and oxygen atoms in total. The lowest BCUT2D eigenvalue weighted by atomic mass is 10.0. The smallest absolute Gasteiger partial charge is 0.307 e. The Morgan fingerprint density at radius 3 is 1.18 bits per heavy atom. The molecule has 0 spiro atoms. The summed E-state index contributed by atoms with van der Waals surface area (Å²) in [6, 6.07) is 149. The fourth-order valence-corrected chi connectivity index (χ4v) is 30.9. The molecule has 0 bridgehead atoms. The number of imidazole rings is 2. The lowest BCUT2D eigenvalue weighted by Crippen LogP contribution is -2.74. The standard InChI is InChI=1S/C102H66N8OSSi2/c1-6-30-69(31-7-1)105-85-49-21-16-44-79(85)95-80-45-17-23-51-87(80)107(99(95)105)71-34-26-42-77(65-71)113(73-36-10-3-11-37-73,93-56-28-54-91-97(93)111-101-103-83-47-19-24-52-89(83)109(91)101)76-61-58-67(59-62-76)68-60-63-88-82(64-68)96-81-46-18-22-50-86(81)106(70-32-8-2-9-33-70)100(96)108(88)72-35-27-43-78(66-72)114(74-38-12-4-13-39-74,75-40-14-5-15-41-75)94-57-29-55-92-98(94)112-102-104-84-48-20-25-53-90(84)110(92)102/h1-66H. The van der Waals surface area contributed by atoms with Gasteiger partial charge in [-0.25, -0.2) is 4.98 Å². The normalized spacial score (nSPS) is 12.8. The molecule has 534 valence electrons. The first-order valence-corrected chi connectivity index (χ1v) is 43.7. The van der Waals surface area contributed by atoms with Crippen LogP contribution in [-0.2, 0) is 0 Å². The highest BCUT2D eigenvalue weighted by Crippen LogP contribution is 2.45. The lowest BCUT2D eigenvalue weighted by molar-refractivity contribution is 0.645. The molecule has 0 radical (unpaired) electrons. The predicted octanol–water partition coefficient (Wildman–Crippen LogP) is 19.8. The maximum atomic E-state index is 7.31. The van der Waals surface area contributed by atoms with E-state index in [9.17, 15) is 0 Å². The van der Waals surface area contributed by atoms with E-state index in [1.165, 1.54) is 78.8 Å². The first-order chi connectivity index (χ1) is 56.6. The summed E-state index contributed by atoms with van der Waals surface area (Å²) in [6.45, 7) is 0. The van der Waals surface area contributed by atoms with Crippen LogP contribution < -0.4 is 41.5 Å². The van der Waals surface area contributed by atoms with Crippen molar-refractivity contribution in [1.29, 1.82) is 0 Å². The van der Waals surface area contributed by atoms with Crippen molar-refractivity contribution in [2.24, 2.45) is 0 Å². The molecule has 114 heavy (non-hydrogen) atoms. The Balaban J connectivity index is 0.732. The zero-order valence-electron chi connectivity index (χ0n) is 61.5. The molecule has 12 heteroatoms. The molecule has 8 heterocycles. The first kappa shape index (κ1) is 64.4. The Morgan fingerprint density at radius 2 is 0.632 bits per heavy atom. The Bertz CT molecular complexity index is 7950. The molecule has 0 saturated heterocycles. The summed E-state index contributed by atoms with van der Waals surface area (Å²) in [5.74, 6) is 0.568. The van der Waals surface area contributed by atoms with E-state index in [-0.39, 0.29) is 0 Å². The van der Waals surface area contributed by atoms with Gasteiger partial charge in [-0.2, -0.15) is 4.98 Å². The Hall–Kier alpha value is -14.4. The van der Waals surface area contributed by atoms with Gasteiger partial charge >= 0.3 is 5.84 Å². The van der Waals surface area contributed by atoms with Crippen molar-refractivity contribution in [2.75, 3.05) is 0 Å². The maximum Gasteiger partial charge on any atom is 0.307 e. The summed E-state index contributed by atoms with van der Waals surface area (Å²) < 4.78 is 23.1. The quantitative estimate of drug-likeness (QED) is 0.0853. The minimum atomic E-state index is -3.53. The van der Waals surface area contributed by atoms with Gasteiger partial charge in [-0.3, -0.25) is 27.1 Å². The highest BCUT2D eigenvalue weighted by molar-refractivity contribution is 7.29. The van der Waals surface area contributed by atoms with Gasteiger partial charge in [0.1, 0.15) is 11.3 Å². The molecule has 24 aromatic rings. The van der Waals surface area contributed by atoms with E-state index in [4.69, 9.17) is 14.4 Å². The van der Waals surface area contributed by atoms with Crippen LogP contribution in [0.2, 0.25) is 0 Å². The van der Waals surface area contributed by atoms with E-state index in [1.807, 2.05) is 6.07 Å². The fraction of sp³-hybridized carbons (Fsp3) is 0. The molecule has 0 N–H and O–H groups in total. The van der Waals surface area contributed by atoms with E-state index in [0.717, 1.165) is 111 Å². The Morgan fingerprint density at radius 1 is 0.254 bits per heavy atom. The van der Waals surface area contributed by atoms with E-state index >= 15 is 0 Å². The van der Waals surface area contributed by atoms with E-state index < -0.39 is 16.1 Å². The van der Waals surface area contributed by atoms with E-state index in [1.54, 1.807) is 11.3 Å². The summed E-state index contributed by atoms with van der Waals surface area (Å²) in [5.41, 5.74) is 20.3. The van der Waals surface area contributed by atoms with Crippen molar-refractivity contribution < 1.29 is 4.42 Å². The van der Waals surface area contributed by atoms with Gasteiger partial charge in [0.15, 0.2) is 26.7 Å². The maximum absolute atomic E-state index is 7.31. The lowest BCUT2D eigenvalue weighted by Gasteiger charge is -2.35. The summed E-state index contributed by atoms with van der Waals surface area (Å²) >= 11 is 1.80. The molecular weight excluding hydrogens is 1440 g/mol. The van der Waals surface area contributed by atoms with Crippen molar-refractivity contribution in [3.63, 3.8) is 0 Å². The van der Waals surface area contributed by atoms with Gasteiger partial charge < -0.3 is 4.42 Å². The number of rotatable bonds is 13. The third-order valence-corrected chi connectivity index (χ3v) is 35.0. The summed E-state index contributed by atoms with van der Waals surface area (Å²) in [4.78, 5) is 11.4. The van der Waals surface area contributed by atoms with Crippen LogP contribution in [0.25, 0.3) is 154 Å².